The van der Waals surface area contributed by atoms with Gasteiger partial charge >= 0.3 is 0 Å². The number of nitrogens with one attached hydrogen (secondary N) is 2. The predicted octanol–water partition coefficient (Wildman–Crippen LogP) is 3.82. The largest absolute Gasteiger partial charge is 0.463 e. The van der Waals surface area contributed by atoms with E-state index in [1.165, 1.54) is 10.7 Å². The number of carbonyl (C=O) groups is 1. The maximum atomic E-state index is 12.4. The zero-order valence-electron chi connectivity index (χ0n) is 17.4. The molecule has 0 saturated heterocycles. The lowest BCUT2D eigenvalue weighted by molar-refractivity contribution is 0.0946. The fourth-order valence-corrected chi connectivity index (χ4v) is 5.06. The Morgan fingerprint density at radius 1 is 1.24 bits per heavy atom. The van der Waals surface area contributed by atoms with Crippen molar-refractivity contribution in [3.8, 4) is 31.9 Å². The molecule has 0 fully saturated rings. The van der Waals surface area contributed by atoms with Gasteiger partial charge in [0.25, 0.3) is 11.5 Å². The van der Waals surface area contributed by atoms with Crippen molar-refractivity contribution in [1.29, 1.82) is 0 Å². The van der Waals surface area contributed by atoms with Crippen LogP contribution >= 0.6 is 22.7 Å². The molecule has 0 aliphatic rings. The third-order valence-electron chi connectivity index (χ3n) is 4.83. The number of thiazole rings is 1. The summed E-state index contributed by atoms with van der Waals surface area (Å²) in [7, 11) is 0. The third kappa shape index (κ3) is 4.41. The average molecular weight is 479 g/mol. The van der Waals surface area contributed by atoms with Gasteiger partial charge in [-0.1, -0.05) is 6.07 Å². The van der Waals surface area contributed by atoms with Crippen LogP contribution in [-0.2, 0) is 6.54 Å². The van der Waals surface area contributed by atoms with Crippen molar-refractivity contribution in [3.05, 3.63) is 75.8 Å². The number of thiophene rings is 1. The molecule has 5 aromatic rings. The first-order valence-electron chi connectivity index (χ1n) is 10.1. The van der Waals surface area contributed by atoms with E-state index in [0.29, 0.717) is 17.1 Å². The number of aromatic nitrogens is 5. The smallest absolute Gasteiger partial charge is 0.271 e. The first kappa shape index (κ1) is 21.0. The second kappa shape index (κ2) is 8.96. The molecule has 0 radical (unpaired) electrons. The number of hydrogen-bond donors (Lipinski definition) is 2. The molecule has 0 aliphatic carbocycles. The Bertz CT molecular complexity index is 1450. The SMILES string of the molecule is Cc1nc(-c2cccs2)sc1-c1ccc(=O)n(CCNC(=O)c2cc(-c3ccco3)[nH]n2)n1. The van der Waals surface area contributed by atoms with Gasteiger partial charge in [-0.15, -0.1) is 22.7 Å². The Balaban J connectivity index is 1.27. The molecular weight excluding hydrogens is 460 g/mol. The maximum absolute atomic E-state index is 12.4. The van der Waals surface area contributed by atoms with Crippen LogP contribution < -0.4 is 10.9 Å². The normalized spacial score (nSPS) is 11.1. The van der Waals surface area contributed by atoms with E-state index in [4.69, 9.17) is 4.42 Å². The van der Waals surface area contributed by atoms with Crippen molar-refractivity contribution in [2.75, 3.05) is 6.54 Å². The molecule has 0 spiro atoms. The lowest BCUT2D eigenvalue weighted by atomic mass is 10.3. The first-order chi connectivity index (χ1) is 16.1. The van der Waals surface area contributed by atoms with Crippen molar-refractivity contribution in [1.82, 2.24) is 30.3 Å². The van der Waals surface area contributed by atoms with Gasteiger partial charge in [-0.25, -0.2) is 9.67 Å². The number of H-pyrrole nitrogens is 1. The summed E-state index contributed by atoms with van der Waals surface area (Å²) in [5.41, 5.74) is 2.14. The van der Waals surface area contributed by atoms with Crippen molar-refractivity contribution in [2.45, 2.75) is 13.5 Å². The van der Waals surface area contributed by atoms with Gasteiger partial charge in [-0.2, -0.15) is 10.2 Å². The van der Waals surface area contributed by atoms with Crippen LogP contribution in [0.4, 0.5) is 0 Å². The van der Waals surface area contributed by atoms with Crippen molar-refractivity contribution < 1.29 is 9.21 Å². The van der Waals surface area contributed by atoms with Crippen LogP contribution in [0.1, 0.15) is 16.2 Å². The summed E-state index contributed by atoms with van der Waals surface area (Å²) >= 11 is 3.18. The number of nitrogens with zero attached hydrogens (tertiary/aromatic N) is 4. The number of amides is 1. The van der Waals surface area contributed by atoms with Crippen LogP contribution in [0.2, 0.25) is 0 Å². The number of aryl methyl sites for hydroxylation is 1. The summed E-state index contributed by atoms with van der Waals surface area (Å²) < 4.78 is 6.64. The van der Waals surface area contributed by atoms with Gasteiger partial charge in [-0.05, 0) is 36.6 Å². The van der Waals surface area contributed by atoms with Crippen LogP contribution in [0.5, 0.6) is 0 Å². The average Bonchev–Trinajstić information content (AvgIpc) is 3.61. The van der Waals surface area contributed by atoms with Gasteiger partial charge in [0.2, 0.25) is 0 Å². The van der Waals surface area contributed by atoms with E-state index in [1.54, 1.807) is 53.2 Å². The Morgan fingerprint density at radius 2 is 2.15 bits per heavy atom. The minimum absolute atomic E-state index is 0.222. The zero-order chi connectivity index (χ0) is 22.8. The summed E-state index contributed by atoms with van der Waals surface area (Å²) in [4.78, 5) is 31.4. The number of rotatable bonds is 7. The zero-order valence-corrected chi connectivity index (χ0v) is 19.1. The molecule has 5 heterocycles. The second-order valence-electron chi connectivity index (χ2n) is 7.09. The Labute approximate surface area is 195 Å². The quantitative estimate of drug-likeness (QED) is 0.367. The van der Waals surface area contributed by atoms with Crippen LogP contribution in [0, 0.1) is 6.92 Å². The highest BCUT2D eigenvalue weighted by atomic mass is 32.1. The van der Waals surface area contributed by atoms with Crippen molar-refractivity contribution >= 4 is 28.6 Å². The molecule has 0 unspecified atom stereocenters. The highest BCUT2D eigenvalue weighted by Crippen LogP contribution is 2.35. The Morgan fingerprint density at radius 3 is 2.94 bits per heavy atom. The molecule has 0 atom stereocenters. The van der Waals surface area contributed by atoms with Crippen LogP contribution in [0.25, 0.3) is 31.9 Å². The van der Waals surface area contributed by atoms with Gasteiger partial charge in [0.15, 0.2) is 11.5 Å². The van der Waals surface area contributed by atoms with Gasteiger partial charge in [0.1, 0.15) is 16.4 Å². The predicted molar refractivity (Wildman–Crippen MR) is 126 cm³/mol. The second-order valence-corrected chi connectivity index (χ2v) is 9.04. The fraction of sp³-hybridized carbons (Fsp3) is 0.136. The molecule has 5 rings (SSSR count). The monoisotopic (exact) mass is 478 g/mol. The Hall–Kier alpha value is -3.83. The topological polar surface area (TPSA) is 119 Å². The minimum Gasteiger partial charge on any atom is -0.463 e. The van der Waals surface area contributed by atoms with E-state index in [-0.39, 0.29) is 30.2 Å². The van der Waals surface area contributed by atoms with E-state index >= 15 is 0 Å². The summed E-state index contributed by atoms with van der Waals surface area (Å²) in [5.74, 6) is 0.238. The summed E-state index contributed by atoms with van der Waals surface area (Å²) in [6.07, 6.45) is 1.55. The highest BCUT2D eigenvalue weighted by Gasteiger charge is 2.15. The molecule has 0 aliphatic heterocycles. The molecule has 11 heteroatoms. The van der Waals surface area contributed by atoms with Gasteiger partial charge < -0.3 is 9.73 Å². The lowest BCUT2D eigenvalue weighted by Gasteiger charge is -2.07. The number of hydrogen-bond acceptors (Lipinski definition) is 8. The van der Waals surface area contributed by atoms with Crippen molar-refractivity contribution in [2.24, 2.45) is 0 Å². The minimum atomic E-state index is -0.354. The third-order valence-corrected chi connectivity index (χ3v) is 7.05. The molecule has 166 valence electrons. The molecule has 9 nitrogen and oxygen atoms in total. The molecule has 0 aromatic carbocycles. The van der Waals surface area contributed by atoms with Gasteiger partial charge in [0, 0.05) is 18.7 Å². The molecule has 33 heavy (non-hydrogen) atoms. The molecule has 5 aromatic heterocycles. The van der Waals surface area contributed by atoms with E-state index < -0.39 is 0 Å². The summed E-state index contributed by atoms with van der Waals surface area (Å²) in [5, 5.41) is 17.0. The molecule has 0 bridgehead atoms. The van der Waals surface area contributed by atoms with E-state index in [0.717, 1.165) is 20.5 Å². The highest BCUT2D eigenvalue weighted by molar-refractivity contribution is 7.23. The lowest BCUT2D eigenvalue weighted by Crippen LogP contribution is -2.32. The van der Waals surface area contributed by atoms with Gasteiger partial charge in [-0.3, -0.25) is 14.7 Å². The number of furan rings is 1. The Kier molecular flexibility index (Phi) is 5.71. The summed E-state index contributed by atoms with van der Waals surface area (Å²) in [6.45, 7) is 2.38. The first-order valence-corrected chi connectivity index (χ1v) is 11.8. The van der Waals surface area contributed by atoms with E-state index in [1.807, 2.05) is 24.4 Å². The van der Waals surface area contributed by atoms with Gasteiger partial charge in [0.05, 0.1) is 28.3 Å². The van der Waals surface area contributed by atoms with Crippen molar-refractivity contribution in [3.63, 3.8) is 0 Å². The van der Waals surface area contributed by atoms with Crippen LogP contribution in [0.15, 0.2) is 63.3 Å². The number of aromatic amines is 1. The number of carbonyl (C=O) groups excluding carboxylic acids is 1. The maximum Gasteiger partial charge on any atom is 0.271 e. The molecule has 2 N–H and O–H groups in total. The van der Waals surface area contributed by atoms with Crippen LogP contribution in [-0.4, -0.2) is 37.4 Å². The van der Waals surface area contributed by atoms with E-state index in [2.05, 4.69) is 25.6 Å². The molecule has 0 saturated carbocycles. The molecule has 1 amide bonds. The standard InChI is InChI=1S/C22H18N6O3S2/c1-13-20(33-22(24-13)18-5-3-11-32-18)14-6-7-19(29)28(27-14)9-8-23-21(30)16-12-15(25-26-16)17-4-2-10-31-17/h2-7,10-12H,8-9H2,1H3,(H,23,30)(H,25,26). The molecular formula is C22H18N6O3S2. The fourth-order valence-electron chi connectivity index (χ4n) is 3.23. The summed E-state index contributed by atoms with van der Waals surface area (Å²) in [6, 6.07) is 12.3. The van der Waals surface area contributed by atoms with Crippen LogP contribution in [0.3, 0.4) is 0 Å². The van der Waals surface area contributed by atoms with E-state index in [9.17, 15) is 9.59 Å².